The van der Waals surface area contributed by atoms with Gasteiger partial charge in [0.05, 0.1) is 24.8 Å². The number of ether oxygens (including phenoxy) is 1. The lowest BCUT2D eigenvalue weighted by molar-refractivity contribution is -0.140. The molecular formula is C20H19ClF4N2O2. The summed E-state index contributed by atoms with van der Waals surface area (Å²) in [5, 5.41) is 3.24. The van der Waals surface area contributed by atoms with Crippen LogP contribution in [0.4, 0.5) is 17.6 Å². The Labute approximate surface area is 170 Å². The summed E-state index contributed by atoms with van der Waals surface area (Å²) in [5.41, 5.74) is -0.810. The fourth-order valence-electron chi connectivity index (χ4n) is 3.21. The maximum absolute atomic E-state index is 13.5. The normalized spacial score (nSPS) is 16.4. The molecule has 9 heteroatoms. The van der Waals surface area contributed by atoms with Gasteiger partial charge in [0, 0.05) is 30.2 Å². The second-order valence-corrected chi connectivity index (χ2v) is 7.05. The summed E-state index contributed by atoms with van der Waals surface area (Å²) in [5.74, 6) is -2.12. The van der Waals surface area contributed by atoms with E-state index < -0.39 is 23.5 Å². The lowest BCUT2D eigenvalue weighted by Crippen LogP contribution is -2.43. The molecule has 1 aliphatic heterocycles. The van der Waals surface area contributed by atoms with Crippen molar-refractivity contribution in [1.29, 1.82) is 0 Å². The third-order valence-corrected chi connectivity index (χ3v) is 4.98. The highest BCUT2D eigenvalue weighted by molar-refractivity contribution is 6.30. The van der Waals surface area contributed by atoms with Crippen LogP contribution in [0.15, 0.2) is 42.5 Å². The zero-order valence-electron chi connectivity index (χ0n) is 15.3. The molecule has 1 unspecified atom stereocenters. The first-order valence-electron chi connectivity index (χ1n) is 8.98. The molecule has 29 heavy (non-hydrogen) atoms. The summed E-state index contributed by atoms with van der Waals surface area (Å²) < 4.78 is 57.5. The zero-order valence-corrected chi connectivity index (χ0v) is 16.1. The summed E-state index contributed by atoms with van der Waals surface area (Å²) in [6, 6.07) is 9.16. The minimum Gasteiger partial charge on any atom is -0.379 e. The van der Waals surface area contributed by atoms with Crippen LogP contribution in [0.3, 0.4) is 0 Å². The first-order chi connectivity index (χ1) is 13.8. The number of nitrogens with zero attached hydrogens (tertiary/aromatic N) is 1. The molecule has 2 aromatic rings. The van der Waals surface area contributed by atoms with Gasteiger partial charge in [-0.15, -0.1) is 0 Å². The molecule has 3 rings (SSSR count). The summed E-state index contributed by atoms with van der Waals surface area (Å²) in [4.78, 5) is 14.6. The van der Waals surface area contributed by atoms with E-state index in [4.69, 9.17) is 16.3 Å². The van der Waals surface area contributed by atoms with Crippen LogP contribution in [0.2, 0.25) is 5.02 Å². The molecule has 0 aliphatic carbocycles. The number of alkyl halides is 3. The van der Waals surface area contributed by atoms with Crippen LogP contribution in [-0.2, 0) is 10.9 Å². The fraction of sp³-hybridized carbons (Fsp3) is 0.350. The molecule has 0 aromatic heterocycles. The van der Waals surface area contributed by atoms with E-state index in [9.17, 15) is 22.4 Å². The molecule has 0 bridgehead atoms. The van der Waals surface area contributed by atoms with Crippen molar-refractivity contribution in [1.82, 2.24) is 10.2 Å². The Morgan fingerprint density at radius 3 is 2.41 bits per heavy atom. The van der Waals surface area contributed by atoms with Gasteiger partial charge in [0.15, 0.2) is 0 Å². The van der Waals surface area contributed by atoms with Crippen molar-refractivity contribution in [3.8, 4) is 0 Å². The van der Waals surface area contributed by atoms with Gasteiger partial charge in [-0.2, -0.15) is 13.2 Å². The van der Waals surface area contributed by atoms with Crippen molar-refractivity contribution in [2.24, 2.45) is 0 Å². The fourth-order valence-corrected chi connectivity index (χ4v) is 3.33. The van der Waals surface area contributed by atoms with Crippen molar-refractivity contribution in [2.75, 3.05) is 32.8 Å². The number of hydrogen-bond donors (Lipinski definition) is 1. The topological polar surface area (TPSA) is 41.6 Å². The van der Waals surface area contributed by atoms with Gasteiger partial charge in [0.2, 0.25) is 0 Å². The number of halogens is 5. The monoisotopic (exact) mass is 430 g/mol. The van der Waals surface area contributed by atoms with E-state index in [1.807, 2.05) is 12.1 Å². The van der Waals surface area contributed by atoms with Gasteiger partial charge in [-0.05, 0) is 35.9 Å². The number of benzene rings is 2. The summed E-state index contributed by atoms with van der Waals surface area (Å²) in [6.45, 7) is 2.56. The van der Waals surface area contributed by atoms with Crippen LogP contribution in [0.5, 0.6) is 0 Å². The van der Waals surface area contributed by atoms with Gasteiger partial charge in [-0.1, -0.05) is 23.7 Å². The smallest absolute Gasteiger partial charge is 0.379 e. The maximum Gasteiger partial charge on any atom is 0.419 e. The molecule has 1 fully saturated rings. The van der Waals surface area contributed by atoms with Gasteiger partial charge in [0.25, 0.3) is 5.91 Å². The molecule has 1 amide bonds. The minimum absolute atomic E-state index is 0.166. The number of rotatable bonds is 5. The molecule has 0 spiro atoms. The molecule has 156 valence electrons. The highest BCUT2D eigenvalue weighted by atomic mass is 35.5. The lowest BCUT2D eigenvalue weighted by Gasteiger charge is -2.35. The molecule has 2 aromatic carbocycles. The van der Waals surface area contributed by atoms with Gasteiger partial charge in [0.1, 0.15) is 5.82 Å². The average molecular weight is 431 g/mol. The van der Waals surface area contributed by atoms with E-state index in [-0.39, 0.29) is 18.2 Å². The third-order valence-electron chi connectivity index (χ3n) is 4.73. The highest BCUT2D eigenvalue weighted by Gasteiger charge is 2.34. The molecule has 1 saturated heterocycles. The predicted octanol–water partition coefficient (Wildman–Crippen LogP) is 4.30. The van der Waals surface area contributed by atoms with Crippen molar-refractivity contribution in [2.45, 2.75) is 12.2 Å². The van der Waals surface area contributed by atoms with Crippen molar-refractivity contribution in [3.05, 3.63) is 70.0 Å². The highest BCUT2D eigenvalue weighted by Crippen LogP contribution is 2.32. The largest absolute Gasteiger partial charge is 0.419 e. The van der Waals surface area contributed by atoms with E-state index in [1.165, 1.54) is 0 Å². The standard InChI is InChI=1S/C20H19ClF4N2O2/c21-15-4-1-13(2-5-15)18(27-7-9-29-10-8-27)12-26-19(28)14-3-6-17(22)16(11-14)20(23,24)25/h1-6,11,18H,7-10,12H2,(H,26,28). The van der Waals surface area contributed by atoms with Crippen LogP contribution >= 0.6 is 11.6 Å². The Balaban J connectivity index is 1.76. The van der Waals surface area contributed by atoms with Crippen LogP contribution < -0.4 is 5.32 Å². The number of nitrogens with one attached hydrogen (secondary N) is 1. The summed E-state index contributed by atoms with van der Waals surface area (Å²) >= 11 is 5.95. The second kappa shape index (κ2) is 9.11. The molecular weight excluding hydrogens is 412 g/mol. The Hall–Kier alpha value is -2.16. The average Bonchev–Trinajstić information content (AvgIpc) is 2.69. The van der Waals surface area contributed by atoms with E-state index in [0.717, 1.165) is 11.6 Å². The van der Waals surface area contributed by atoms with Crippen LogP contribution in [0.25, 0.3) is 0 Å². The van der Waals surface area contributed by atoms with Crippen molar-refractivity contribution in [3.63, 3.8) is 0 Å². The third kappa shape index (κ3) is 5.46. The van der Waals surface area contributed by atoms with E-state index in [2.05, 4.69) is 10.2 Å². The van der Waals surface area contributed by atoms with Crippen molar-refractivity contribution >= 4 is 17.5 Å². The van der Waals surface area contributed by atoms with Gasteiger partial charge < -0.3 is 10.1 Å². The predicted molar refractivity (Wildman–Crippen MR) is 100 cm³/mol. The van der Waals surface area contributed by atoms with Crippen molar-refractivity contribution < 1.29 is 27.1 Å². The second-order valence-electron chi connectivity index (χ2n) is 6.62. The molecule has 0 radical (unpaired) electrons. The molecule has 1 aliphatic rings. The number of carbonyl (C=O) groups is 1. The first kappa shape index (κ1) is 21.5. The quantitative estimate of drug-likeness (QED) is 0.719. The summed E-state index contributed by atoms with van der Waals surface area (Å²) in [7, 11) is 0. The molecule has 4 nitrogen and oxygen atoms in total. The van der Waals surface area contributed by atoms with E-state index in [0.29, 0.717) is 43.5 Å². The number of amides is 1. The van der Waals surface area contributed by atoms with Gasteiger partial charge in [-0.3, -0.25) is 9.69 Å². The molecule has 1 heterocycles. The lowest BCUT2D eigenvalue weighted by atomic mass is 10.0. The zero-order chi connectivity index (χ0) is 21.0. The first-order valence-corrected chi connectivity index (χ1v) is 9.35. The Morgan fingerprint density at radius 1 is 1.14 bits per heavy atom. The van der Waals surface area contributed by atoms with Crippen LogP contribution in [-0.4, -0.2) is 43.7 Å². The number of carbonyl (C=O) groups excluding carboxylic acids is 1. The molecule has 0 saturated carbocycles. The van der Waals surface area contributed by atoms with E-state index >= 15 is 0 Å². The number of hydrogen-bond acceptors (Lipinski definition) is 3. The SMILES string of the molecule is O=C(NCC(c1ccc(Cl)cc1)N1CCOCC1)c1ccc(F)c(C(F)(F)F)c1. The Kier molecular flexibility index (Phi) is 6.77. The van der Waals surface area contributed by atoms with Gasteiger partial charge >= 0.3 is 6.18 Å². The molecule has 1 atom stereocenters. The Morgan fingerprint density at radius 2 is 1.79 bits per heavy atom. The molecule has 1 N–H and O–H groups in total. The number of morpholine rings is 1. The Bertz CT molecular complexity index is 853. The van der Waals surface area contributed by atoms with Gasteiger partial charge in [-0.25, -0.2) is 4.39 Å². The minimum atomic E-state index is -4.87. The van der Waals surface area contributed by atoms with Crippen LogP contribution in [0.1, 0.15) is 27.5 Å². The maximum atomic E-state index is 13.5. The van der Waals surface area contributed by atoms with Crippen LogP contribution in [0, 0.1) is 5.82 Å². The summed E-state index contributed by atoms with van der Waals surface area (Å²) in [6.07, 6.45) is -4.87. The van der Waals surface area contributed by atoms with E-state index in [1.54, 1.807) is 12.1 Å².